The van der Waals surface area contributed by atoms with Crippen LogP contribution in [0.15, 0.2) is 41.6 Å². The van der Waals surface area contributed by atoms with Crippen LogP contribution in [0.3, 0.4) is 0 Å². The van der Waals surface area contributed by atoms with Crippen molar-refractivity contribution in [1.82, 2.24) is 19.0 Å². The summed E-state index contributed by atoms with van der Waals surface area (Å²) < 4.78 is 33.6. The van der Waals surface area contributed by atoms with E-state index >= 15 is 0 Å². The molecule has 0 spiro atoms. The normalized spacial score (nSPS) is 16.3. The van der Waals surface area contributed by atoms with Gasteiger partial charge < -0.3 is 9.64 Å². The van der Waals surface area contributed by atoms with Crippen molar-refractivity contribution in [2.24, 2.45) is 7.05 Å². The molecule has 8 nitrogen and oxygen atoms in total. The minimum absolute atomic E-state index is 0.150. The highest BCUT2D eigenvalue weighted by Gasteiger charge is 2.30. The van der Waals surface area contributed by atoms with Gasteiger partial charge in [0.15, 0.2) is 0 Å². The second-order valence-electron chi connectivity index (χ2n) is 6.10. The number of hydrogen-bond acceptors (Lipinski definition) is 5. The average Bonchev–Trinajstić information content (AvgIpc) is 2.93. The summed E-state index contributed by atoms with van der Waals surface area (Å²) in [5.74, 6) is 0.365. The predicted molar refractivity (Wildman–Crippen MR) is 95.5 cm³/mol. The van der Waals surface area contributed by atoms with E-state index in [9.17, 15) is 13.2 Å². The number of hydrogen-bond donors (Lipinski definition) is 0. The van der Waals surface area contributed by atoms with Crippen molar-refractivity contribution >= 4 is 15.9 Å². The molecule has 0 N–H and O–H groups in total. The number of aryl methyl sites for hydroxylation is 1. The number of benzene rings is 1. The maximum Gasteiger partial charge on any atom is 0.257 e. The van der Waals surface area contributed by atoms with Crippen LogP contribution in [0, 0.1) is 0 Å². The van der Waals surface area contributed by atoms with Gasteiger partial charge in [0.25, 0.3) is 5.91 Å². The molecule has 140 valence electrons. The fourth-order valence-electron chi connectivity index (χ4n) is 3.01. The van der Waals surface area contributed by atoms with E-state index in [1.165, 1.54) is 28.5 Å². The van der Waals surface area contributed by atoms with E-state index in [-0.39, 0.29) is 17.3 Å². The first kappa shape index (κ1) is 18.4. The Bertz CT molecular complexity index is 894. The Balaban J connectivity index is 1.75. The summed E-state index contributed by atoms with van der Waals surface area (Å²) in [6.07, 6.45) is 3.40. The summed E-state index contributed by atoms with van der Waals surface area (Å²) in [7, 11) is -0.404. The molecule has 0 atom stereocenters. The number of carbonyl (C=O) groups is 1. The summed E-state index contributed by atoms with van der Waals surface area (Å²) in [6.45, 7) is 1.44. The minimum atomic E-state index is -3.60. The summed E-state index contributed by atoms with van der Waals surface area (Å²) in [6, 6.07) is 7.05. The number of carbonyl (C=O) groups excluding carboxylic acids is 1. The molecule has 3 rings (SSSR count). The number of para-hydroxylation sites is 1. The summed E-state index contributed by atoms with van der Waals surface area (Å²) in [5, 5.41) is 3.94. The van der Waals surface area contributed by atoms with E-state index in [4.69, 9.17) is 4.74 Å². The average molecular weight is 378 g/mol. The fourth-order valence-corrected chi connectivity index (χ4v) is 4.47. The summed E-state index contributed by atoms with van der Waals surface area (Å²) >= 11 is 0. The number of aromatic nitrogens is 2. The SMILES string of the molecule is COc1ccccc1C(=O)N1CCCN(S(=O)(=O)c2cnn(C)c2)CC1. The van der Waals surface area contributed by atoms with Crippen LogP contribution in [0.4, 0.5) is 0 Å². The van der Waals surface area contributed by atoms with E-state index in [0.717, 1.165) is 0 Å². The highest BCUT2D eigenvalue weighted by atomic mass is 32.2. The quantitative estimate of drug-likeness (QED) is 0.791. The highest BCUT2D eigenvalue weighted by molar-refractivity contribution is 7.89. The van der Waals surface area contributed by atoms with Gasteiger partial charge in [-0.15, -0.1) is 0 Å². The molecule has 0 aliphatic carbocycles. The van der Waals surface area contributed by atoms with Crippen molar-refractivity contribution < 1.29 is 17.9 Å². The highest BCUT2D eigenvalue weighted by Crippen LogP contribution is 2.21. The van der Waals surface area contributed by atoms with Crippen LogP contribution in [0.1, 0.15) is 16.8 Å². The zero-order valence-electron chi connectivity index (χ0n) is 14.8. The molecule has 0 bridgehead atoms. The van der Waals surface area contributed by atoms with Gasteiger partial charge in [0.05, 0.1) is 18.9 Å². The maximum absolute atomic E-state index is 12.8. The maximum atomic E-state index is 12.8. The van der Waals surface area contributed by atoms with Crippen LogP contribution < -0.4 is 4.74 Å². The Morgan fingerprint density at radius 3 is 2.62 bits per heavy atom. The lowest BCUT2D eigenvalue weighted by molar-refractivity contribution is 0.0761. The van der Waals surface area contributed by atoms with Crippen LogP contribution in [0.2, 0.25) is 0 Å². The third kappa shape index (κ3) is 3.58. The van der Waals surface area contributed by atoms with Crippen molar-refractivity contribution in [3.05, 3.63) is 42.2 Å². The van der Waals surface area contributed by atoms with Gasteiger partial charge in [-0.3, -0.25) is 9.48 Å². The van der Waals surface area contributed by atoms with Gasteiger partial charge in [-0.1, -0.05) is 12.1 Å². The Morgan fingerprint density at radius 2 is 1.92 bits per heavy atom. The summed E-state index contributed by atoms with van der Waals surface area (Å²) in [5.41, 5.74) is 0.485. The molecule has 1 aromatic heterocycles. The Hall–Kier alpha value is -2.39. The molecule has 1 amide bonds. The molecule has 1 aliphatic rings. The number of sulfonamides is 1. The monoisotopic (exact) mass is 378 g/mol. The zero-order chi connectivity index (χ0) is 18.7. The predicted octanol–water partition coefficient (Wildman–Crippen LogP) is 0.965. The number of rotatable bonds is 4. The Kier molecular flexibility index (Phi) is 5.28. The van der Waals surface area contributed by atoms with Crippen LogP contribution in [-0.4, -0.2) is 66.6 Å². The third-order valence-corrected chi connectivity index (χ3v) is 6.25. The van der Waals surface area contributed by atoms with Gasteiger partial charge in [-0.25, -0.2) is 8.42 Å². The molecule has 26 heavy (non-hydrogen) atoms. The molecule has 1 aliphatic heterocycles. The number of methoxy groups -OCH3 is 1. The van der Waals surface area contributed by atoms with Crippen LogP contribution >= 0.6 is 0 Å². The van der Waals surface area contributed by atoms with Crippen molar-refractivity contribution in [3.8, 4) is 5.75 Å². The molecular formula is C17H22N4O4S. The largest absolute Gasteiger partial charge is 0.496 e. The zero-order valence-corrected chi connectivity index (χ0v) is 15.6. The van der Waals surface area contributed by atoms with E-state index in [1.807, 2.05) is 0 Å². The molecule has 1 fully saturated rings. The molecule has 2 aromatic rings. The van der Waals surface area contributed by atoms with Crippen molar-refractivity contribution in [2.75, 3.05) is 33.3 Å². The van der Waals surface area contributed by atoms with Crippen molar-refractivity contribution in [1.29, 1.82) is 0 Å². The molecule has 1 aromatic carbocycles. The van der Waals surface area contributed by atoms with E-state index < -0.39 is 10.0 Å². The van der Waals surface area contributed by atoms with E-state index in [2.05, 4.69) is 5.10 Å². The fraction of sp³-hybridized carbons (Fsp3) is 0.412. The molecule has 2 heterocycles. The number of amides is 1. The molecule has 0 saturated carbocycles. The van der Waals surface area contributed by atoms with Gasteiger partial charge >= 0.3 is 0 Å². The second-order valence-corrected chi connectivity index (χ2v) is 8.04. The van der Waals surface area contributed by atoms with Gasteiger partial charge in [-0.2, -0.15) is 9.40 Å². The van der Waals surface area contributed by atoms with Crippen LogP contribution in [0.5, 0.6) is 5.75 Å². The molecule has 0 unspecified atom stereocenters. The first-order chi connectivity index (χ1) is 12.4. The lowest BCUT2D eigenvalue weighted by atomic mass is 10.1. The van der Waals surface area contributed by atoms with Gasteiger partial charge in [-0.05, 0) is 18.6 Å². The van der Waals surface area contributed by atoms with Crippen LogP contribution in [0.25, 0.3) is 0 Å². The number of ether oxygens (including phenoxy) is 1. The van der Waals surface area contributed by atoms with Gasteiger partial charge in [0.2, 0.25) is 10.0 Å². The molecule has 1 saturated heterocycles. The second kappa shape index (κ2) is 7.46. The standard InChI is InChI=1S/C17H22N4O4S/c1-19-13-14(12-18-19)26(23,24)21-9-5-8-20(10-11-21)17(22)15-6-3-4-7-16(15)25-2/h3-4,6-7,12-13H,5,8-11H2,1-2H3. The summed E-state index contributed by atoms with van der Waals surface area (Å²) in [4.78, 5) is 14.7. The number of nitrogens with zero attached hydrogens (tertiary/aromatic N) is 4. The van der Waals surface area contributed by atoms with Gasteiger partial charge in [0.1, 0.15) is 10.6 Å². The van der Waals surface area contributed by atoms with Crippen molar-refractivity contribution in [3.63, 3.8) is 0 Å². The first-order valence-electron chi connectivity index (χ1n) is 8.34. The van der Waals surface area contributed by atoms with Crippen LogP contribution in [-0.2, 0) is 17.1 Å². The molecular weight excluding hydrogens is 356 g/mol. The topological polar surface area (TPSA) is 84.7 Å². The van der Waals surface area contributed by atoms with E-state index in [1.54, 1.807) is 36.2 Å². The Labute approximate surface area is 153 Å². The molecule has 0 radical (unpaired) electrons. The lowest BCUT2D eigenvalue weighted by Crippen LogP contribution is -2.37. The minimum Gasteiger partial charge on any atom is -0.496 e. The third-order valence-electron chi connectivity index (χ3n) is 4.40. The smallest absolute Gasteiger partial charge is 0.257 e. The Morgan fingerprint density at radius 1 is 1.15 bits per heavy atom. The molecule has 9 heteroatoms. The van der Waals surface area contributed by atoms with E-state index in [0.29, 0.717) is 37.4 Å². The van der Waals surface area contributed by atoms with Gasteiger partial charge in [0, 0.05) is 39.4 Å². The van der Waals surface area contributed by atoms with Crippen molar-refractivity contribution in [2.45, 2.75) is 11.3 Å². The first-order valence-corrected chi connectivity index (χ1v) is 9.78. The lowest BCUT2D eigenvalue weighted by Gasteiger charge is -2.22.